The molecule has 2 rings (SSSR count). The third-order valence-corrected chi connectivity index (χ3v) is 3.67. The van der Waals surface area contributed by atoms with Crippen LogP contribution in [-0.4, -0.2) is 16.5 Å². The summed E-state index contributed by atoms with van der Waals surface area (Å²) in [4.78, 5) is 1.21. The van der Waals surface area contributed by atoms with E-state index in [1.165, 1.54) is 15.7 Å². The highest BCUT2D eigenvalue weighted by Gasteiger charge is 2.17. The van der Waals surface area contributed by atoms with E-state index in [4.69, 9.17) is 0 Å². The van der Waals surface area contributed by atoms with Gasteiger partial charge in [0.15, 0.2) is 0 Å². The minimum absolute atomic E-state index is 0.123. The fourth-order valence-corrected chi connectivity index (χ4v) is 2.61. The highest BCUT2D eigenvalue weighted by Crippen LogP contribution is 2.33. The van der Waals surface area contributed by atoms with Gasteiger partial charge in [0.2, 0.25) is 0 Å². The van der Waals surface area contributed by atoms with Crippen LogP contribution in [0.25, 0.3) is 10.8 Å². The van der Waals surface area contributed by atoms with Crippen LogP contribution in [-0.2, 0) is 0 Å². The maximum Gasteiger partial charge on any atom is 0.0576 e. The lowest BCUT2D eigenvalue weighted by molar-refractivity contribution is 0.265. The number of thioether (sulfide) groups is 1. The standard InChI is InChI=1S/C14H16OS/c1-14(2,10-15)16-13-8-7-11-5-3-4-6-12(11)9-13/h3-9,15H,10H2,1-2H3. The van der Waals surface area contributed by atoms with Gasteiger partial charge >= 0.3 is 0 Å². The summed E-state index contributed by atoms with van der Waals surface area (Å²) in [5.41, 5.74) is 0. The van der Waals surface area contributed by atoms with Gasteiger partial charge in [0.1, 0.15) is 0 Å². The molecule has 0 atom stereocenters. The number of hydrogen-bond acceptors (Lipinski definition) is 2. The second-order valence-electron chi connectivity index (χ2n) is 4.53. The molecular formula is C14H16OS. The van der Waals surface area contributed by atoms with Crippen molar-refractivity contribution in [3.8, 4) is 0 Å². The Hall–Kier alpha value is -0.990. The topological polar surface area (TPSA) is 20.2 Å². The molecule has 0 amide bonds. The van der Waals surface area contributed by atoms with Gasteiger partial charge in [-0.05, 0) is 36.8 Å². The SMILES string of the molecule is CC(C)(CO)Sc1ccc2ccccc2c1. The lowest BCUT2D eigenvalue weighted by atomic mass is 10.1. The Morgan fingerprint density at radius 3 is 2.44 bits per heavy atom. The maximum absolute atomic E-state index is 9.25. The summed E-state index contributed by atoms with van der Waals surface area (Å²) in [7, 11) is 0. The van der Waals surface area contributed by atoms with Crippen molar-refractivity contribution in [1.29, 1.82) is 0 Å². The molecule has 0 saturated carbocycles. The number of benzene rings is 2. The minimum atomic E-state index is -0.123. The van der Waals surface area contributed by atoms with Crippen molar-refractivity contribution in [2.45, 2.75) is 23.5 Å². The number of aliphatic hydroxyl groups excluding tert-OH is 1. The molecule has 0 saturated heterocycles. The summed E-state index contributed by atoms with van der Waals surface area (Å²) in [6.07, 6.45) is 0. The molecular weight excluding hydrogens is 216 g/mol. The molecule has 0 radical (unpaired) electrons. The summed E-state index contributed by atoms with van der Waals surface area (Å²) >= 11 is 1.71. The van der Waals surface area contributed by atoms with E-state index in [0.29, 0.717) is 0 Å². The van der Waals surface area contributed by atoms with E-state index in [1.807, 2.05) is 26.0 Å². The molecule has 2 aromatic rings. The molecule has 1 nitrogen and oxygen atoms in total. The summed E-state index contributed by atoms with van der Waals surface area (Å²) in [6, 6.07) is 14.8. The van der Waals surface area contributed by atoms with Crippen LogP contribution < -0.4 is 0 Å². The first-order valence-corrected chi connectivity index (χ1v) is 6.21. The second-order valence-corrected chi connectivity index (χ2v) is 6.31. The molecule has 2 aromatic carbocycles. The largest absolute Gasteiger partial charge is 0.395 e. The zero-order chi connectivity index (χ0) is 11.6. The predicted molar refractivity (Wildman–Crippen MR) is 71.0 cm³/mol. The number of aliphatic hydroxyl groups is 1. The maximum atomic E-state index is 9.25. The van der Waals surface area contributed by atoms with E-state index in [2.05, 4.69) is 30.3 Å². The molecule has 0 heterocycles. The van der Waals surface area contributed by atoms with Crippen LogP contribution >= 0.6 is 11.8 Å². The van der Waals surface area contributed by atoms with E-state index in [0.717, 1.165) is 0 Å². The van der Waals surface area contributed by atoms with Gasteiger partial charge in [-0.1, -0.05) is 30.3 Å². The van der Waals surface area contributed by atoms with E-state index in [9.17, 15) is 5.11 Å². The van der Waals surface area contributed by atoms with Gasteiger partial charge in [-0.15, -0.1) is 11.8 Å². The molecule has 0 bridgehead atoms. The highest BCUT2D eigenvalue weighted by molar-refractivity contribution is 8.00. The van der Waals surface area contributed by atoms with Crippen molar-refractivity contribution in [3.63, 3.8) is 0 Å². The van der Waals surface area contributed by atoms with E-state index in [-0.39, 0.29) is 11.4 Å². The fourth-order valence-electron chi connectivity index (χ4n) is 1.58. The van der Waals surface area contributed by atoms with Gasteiger partial charge in [-0.25, -0.2) is 0 Å². The molecule has 0 aliphatic carbocycles. The van der Waals surface area contributed by atoms with Gasteiger partial charge in [-0.3, -0.25) is 0 Å². The monoisotopic (exact) mass is 232 g/mol. The molecule has 0 aliphatic rings. The molecule has 0 fully saturated rings. The van der Waals surface area contributed by atoms with Gasteiger partial charge in [-0.2, -0.15) is 0 Å². The average Bonchev–Trinajstić information content (AvgIpc) is 2.28. The van der Waals surface area contributed by atoms with Crippen LogP contribution in [0.5, 0.6) is 0 Å². The average molecular weight is 232 g/mol. The Kier molecular flexibility index (Phi) is 3.22. The van der Waals surface area contributed by atoms with Crippen LogP contribution in [0.15, 0.2) is 47.4 Å². The second kappa shape index (κ2) is 4.48. The molecule has 84 valence electrons. The van der Waals surface area contributed by atoms with Gasteiger partial charge in [0, 0.05) is 9.64 Å². The van der Waals surface area contributed by atoms with Gasteiger partial charge in [0.05, 0.1) is 6.61 Å². The summed E-state index contributed by atoms with van der Waals surface area (Å²) < 4.78 is -0.123. The van der Waals surface area contributed by atoms with Crippen LogP contribution in [0.1, 0.15) is 13.8 Å². The van der Waals surface area contributed by atoms with Crippen molar-refractivity contribution < 1.29 is 5.11 Å². The summed E-state index contributed by atoms with van der Waals surface area (Å²) in [5.74, 6) is 0. The van der Waals surface area contributed by atoms with Crippen molar-refractivity contribution in [1.82, 2.24) is 0 Å². The summed E-state index contributed by atoms with van der Waals surface area (Å²) in [6.45, 7) is 4.28. The fraction of sp³-hybridized carbons (Fsp3) is 0.286. The molecule has 2 heteroatoms. The number of hydrogen-bond donors (Lipinski definition) is 1. The van der Waals surface area contributed by atoms with Crippen molar-refractivity contribution in [3.05, 3.63) is 42.5 Å². The molecule has 0 aliphatic heterocycles. The molecule has 0 spiro atoms. The Bertz CT molecular complexity index is 491. The lowest BCUT2D eigenvalue weighted by Crippen LogP contribution is -2.19. The van der Waals surface area contributed by atoms with Gasteiger partial charge < -0.3 is 5.11 Å². The first-order valence-electron chi connectivity index (χ1n) is 5.39. The van der Waals surface area contributed by atoms with Crippen molar-refractivity contribution in [2.24, 2.45) is 0 Å². The minimum Gasteiger partial charge on any atom is -0.395 e. The molecule has 0 unspecified atom stereocenters. The third kappa shape index (κ3) is 2.57. The lowest BCUT2D eigenvalue weighted by Gasteiger charge is -2.20. The highest BCUT2D eigenvalue weighted by atomic mass is 32.2. The Labute approximate surface area is 100 Å². The Balaban J connectivity index is 2.33. The first kappa shape index (κ1) is 11.5. The van der Waals surface area contributed by atoms with Crippen LogP contribution in [0.3, 0.4) is 0 Å². The van der Waals surface area contributed by atoms with E-state index in [1.54, 1.807) is 11.8 Å². The smallest absolute Gasteiger partial charge is 0.0576 e. The van der Waals surface area contributed by atoms with E-state index >= 15 is 0 Å². The molecule has 1 N–H and O–H groups in total. The van der Waals surface area contributed by atoms with Crippen LogP contribution in [0.2, 0.25) is 0 Å². The molecule has 16 heavy (non-hydrogen) atoms. The zero-order valence-electron chi connectivity index (χ0n) is 9.60. The quantitative estimate of drug-likeness (QED) is 0.814. The zero-order valence-corrected chi connectivity index (χ0v) is 10.4. The van der Waals surface area contributed by atoms with E-state index < -0.39 is 0 Å². The van der Waals surface area contributed by atoms with Crippen LogP contribution in [0.4, 0.5) is 0 Å². The Morgan fingerprint density at radius 1 is 1.06 bits per heavy atom. The predicted octanol–water partition coefficient (Wildman–Crippen LogP) is 3.70. The van der Waals surface area contributed by atoms with Crippen LogP contribution in [0, 0.1) is 0 Å². The first-order chi connectivity index (χ1) is 7.61. The molecule has 0 aromatic heterocycles. The Morgan fingerprint density at radius 2 is 1.75 bits per heavy atom. The normalized spacial score (nSPS) is 11.9. The number of rotatable bonds is 3. The third-order valence-electron chi connectivity index (χ3n) is 2.50. The number of fused-ring (bicyclic) bond motifs is 1. The van der Waals surface area contributed by atoms with Crippen molar-refractivity contribution >= 4 is 22.5 Å². The van der Waals surface area contributed by atoms with Gasteiger partial charge in [0.25, 0.3) is 0 Å². The van der Waals surface area contributed by atoms with Crippen molar-refractivity contribution in [2.75, 3.05) is 6.61 Å². The summed E-state index contributed by atoms with van der Waals surface area (Å²) in [5, 5.41) is 11.8.